The Kier molecular flexibility index (Phi) is 6.37. The van der Waals surface area contributed by atoms with Gasteiger partial charge in [-0.15, -0.1) is 11.8 Å². The lowest BCUT2D eigenvalue weighted by Gasteiger charge is -2.21. The number of carbonyl (C=O) groups excluding carboxylic acids is 1. The first kappa shape index (κ1) is 17.7. The minimum absolute atomic E-state index is 0.0979. The Morgan fingerprint density at radius 3 is 2.35 bits per heavy atom. The van der Waals surface area contributed by atoms with Crippen LogP contribution in [0.1, 0.15) is 12.5 Å². The van der Waals surface area contributed by atoms with Crippen molar-refractivity contribution in [2.75, 3.05) is 14.2 Å². The molecule has 2 rings (SSSR count). The van der Waals surface area contributed by atoms with E-state index in [9.17, 15) is 4.79 Å². The average molecular weight is 350 g/mol. The third-order valence-corrected chi connectivity index (χ3v) is 4.78. The molecule has 0 radical (unpaired) electrons. The summed E-state index contributed by atoms with van der Waals surface area (Å²) in [6, 6.07) is 15.3. The third kappa shape index (κ3) is 5.19. The maximum absolute atomic E-state index is 12.5. The van der Waals surface area contributed by atoms with Gasteiger partial charge in [0.25, 0.3) is 0 Å². The molecule has 0 heterocycles. The van der Waals surface area contributed by atoms with Crippen LogP contribution in [0.3, 0.4) is 0 Å². The van der Waals surface area contributed by atoms with Gasteiger partial charge in [-0.25, -0.2) is 0 Å². The number of rotatable bonds is 6. The number of ether oxygens (including phenoxy) is 1. The van der Waals surface area contributed by atoms with Crippen molar-refractivity contribution >= 4 is 29.3 Å². The van der Waals surface area contributed by atoms with Gasteiger partial charge in [-0.3, -0.25) is 4.79 Å². The molecule has 0 aliphatic heterocycles. The highest BCUT2D eigenvalue weighted by Gasteiger charge is 2.18. The lowest BCUT2D eigenvalue weighted by molar-refractivity contribution is -0.129. The zero-order chi connectivity index (χ0) is 16.8. The van der Waals surface area contributed by atoms with Crippen LogP contribution >= 0.6 is 23.4 Å². The van der Waals surface area contributed by atoms with Crippen LogP contribution in [0.2, 0.25) is 5.02 Å². The first-order valence-electron chi connectivity index (χ1n) is 7.29. The summed E-state index contributed by atoms with van der Waals surface area (Å²) < 4.78 is 5.14. The highest BCUT2D eigenvalue weighted by atomic mass is 35.5. The van der Waals surface area contributed by atoms with Gasteiger partial charge in [-0.1, -0.05) is 23.7 Å². The summed E-state index contributed by atoms with van der Waals surface area (Å²) in [4.78, 5) is 15.3. The van der Waals surface area contributed by atoms with Crippen LogP contribution in [0.4, 0.5) is 0 Å². The summed E-state index contributed by atoms with van der Waals surface area (Å²) in [6.07, 6.45) is 0. The largest absolute Gasteiger partial charge is 0.497 e. The highest BCUT2D eigenvalue weighted by Crippen LogP contribution is 2.26. The lowest BCUT2D eigenvalue weighted by atomic mass is 10.2. The number of hydrogen-bond donors (Lipinski definition) is 0. The summed E-state index contributed by atoms with van der Waals surface area (Å²) in [5.41, 5.74) is 1.07. The van der Waals surface area contributed by atoms with Crippen LogP contribution in [0.25, 0.3) is 0 Å². The molecule has 0 fully saturated rings. The summed E-state index contributed by atoms with van der Waals surface area (Å²) in [5.74, 6) is 0.912. The number of methoxy groups -OCH3 is 1. The Labute approximate surface area is 146 Å². The van der Waals surface area contributed by atoms with Gasteiger partial charge < -0.3 is 9.64 Å². The standard InChI is InChI=1S/C18H20ClNO2S/c1-13(23-17-10-6-15(19)7-11-17)18(21)20(2)12-14-4-8-16(22-3)9-5-14/h4-11,13H,12H2,1-3H3. The van der Waals surface area contributed by atoms with E-state index in [-0.39, 0.29) is 11.2 Å². The maximum atomic E-state index is 12.5. The molecule has 0 spiro atoms. The summed E-state index contributed by atoms with van der Waals surface area (Å²) >= 11 is 7.42. The van der Waals surface area contributed by atoms with E-state index in [0.717, 1.165) is 16.2 Å². The highest BCUT2D eigenvalue weighted by molar-refractivity contribution is 8.00. The topological polar surface area (TPSA) is 29.5 Å². The molecule has 3 nitrogen and oxygen atoms in total. The molecule has 0 bridgehead atoms. The van der Waals surface area contributed by atoms with Gasteiger partial charge >= 0.3 is 0 Å². The van der Waals surface area contributed by atoms with Gasteiger partial charge in [0, 0.05) is 23.5 Å². The summed E-state index contributed by atoms with van der Waals surface area (Å²) in [6.45, 7) is 2.50. The van der Waals surface area contributed by atoms with E-state index in [0.29, 0.717) is 11.6 Å². The normalized spacial score (nSPS) is 11.8. The molecule has 0 aliphatic carbocycles. The van der Waals surface area contributed by atoms with Crippen molar-refractivity contribution < 1.29 is 9.53 Å². The van der Waals surface area contributed by atoms with Crippen molar-refractivity contribution in [2.24, 2.45) is 0 Å². The van der Waals surface area contributed by atoms with Crippen molar-refractivity contribution in [3.05, 3.63) is 59.1 Å². The van der Waals surface area contributed by atoms with Crippen molar-refractivity contribution in [2.45, 2.75) is 23.6 Å². The predicted octanol–water partition coefficient (Wildman–Crippen LogP) is 4.49. The second kappa shape index (κ2) is 8.27. The Hall–Kier alpha value is -1.65. The van der Waals surface area contributed by atoms with E-state index in [1.165, 1.54) is 11.8 Å². The minimum atomic E-state index is -0.153. The summed E-state index contributed by atoms with van der Waals surface area (Å²) in [7, 11) is 3.46. The van der Waals surface area contributed by atoms with E-state index in [4.69, 9.17) is 16.3 Å². The molecule has 5 heteroatoms. The van der Waals surface area contributed by atoms with E-state index in [2.05, 4.69) is 0 Å². The first-order chi connectivity index (χ1) is 11.0. The van der Waals surface area contributed by atoms with Gasteiger partial charge in [-0.2, -0.15) is 0 Å². The number of carbonyl (C=O) groups is 1. The molecular weight excluding hydrogens is 330 g/mol. The Balaban J connectivity index is 1.93. The lowest BCUT2D eigenvalue weighted by Crippen LogP contribution is -2.32. The van der Waals surface area contributed by atoms with E-state index >= 15 is 0 Å². The Bertz CT molecular complexity index is 643. The zero-order valence-corrected chi connectivity index (χ0v) is 15.0. The predicted molar refractivity (Wildman–Crippen MR) is 96.2 cm³/mol. The van der Waals surface area contributed by atoms with Crippen molar-refractivity contribution in [3.63, 3.8) is 0 Å². The van der Waals surface area contributed by atoms with E-state index in [1.54, 1.807) is 12.0 Å². The summed E-state index contributed by atoms with van der Waals surface area (Å²) in [5, 5.41) is 0.546. The van der Waals surface area contributed by atoms with Gasteiger partial charge in [0.1, 0.15) is 5.75 Å². The third-order valence-electron chi connectivity index (χ3n) is 3.43. The fourth-order valence-electron chi connectivity index (χ4n) is 2.16. The SMILES string of the molecule is COc1ccc(CN(C)C(=O)C(C)Sc2ccc(Cl)cc2)cc1. The molecule has 2 aromatic carbocycles. The second-order valence-corrected chi connectivity index (χ2v) is 7.11. The molecule has 0 saturated carbocycles. The van der Waals surface area contributed by atoms with Crippen molar-refractivity contribution in [1.29, 1.82) is 0 Å². The van der Waals surface area contributed by atoms with Crippen LogP contribution in [0.5, 0.6) is 5.75 Å². The van der Waals surface area contributed by atoms with Crippen LogP contribution in [-0.2, 0) is 11.3 Å². The van der Waals surface area contributed by atoms with Crippen LogP contribution in [0, 0.1) is 0 Å². The number of amides is 1. The average Bonchev–Trinajstić information content (AvgIpc) is 2.56. The Morgan fingerprint density at radius 1 is 1.17 bits per heavy atom. The van der Waals surface area contributed by atoms with E-state index in [1.807, 2.05) is 62.5 Å². The molecule has 1 unspecified atom stereocenters. The molecule has 1 amide bonds. The molecule has 1 atom stereocenters. The number of thioether (sulfide) groups is 1. The number of halogens is 1. The molecule has 0 saturated heterocycles. The Morgan fingerprint density at radius 2 is 1.78 bits per heavy atom. The second-order valence-electron chi connectivity index (χ2n) is 5.26. The minimum Gasteiger partial charge on any atom is -0.497 e. The monoisotopic (exact) mass is 349 g/mol. The number of hydrogen-bond acceptors (Lipinski definition) is 3. The van der Waals surface area contributed by atoms with E-state index < -0.39 is 0 Å². The fourth-order valence-corrected chi connectivity index (χ4v) is 3.27. The van der Waals surface area contributed by atoms with Gasteiger partial charge in [-0.05, 0) is 48.9 Å². The van der Waals surface area contributed by atoms with Crippen molar-refractivity contribution in [3.8, 4) is 5.75 Å². The van der Waals surface area contributed by atoms with Crippen LogP contribution in [-0.4, -0.2) is 30.2 Å². The first-order valence-corrected chi connectivity index (χ1v) is 8.55. The number of benzene rings is 2. The van der Waals surface area contributed by atoms with Gasteiger partial charge in [0.05, 0.1) is 12.4 Å². The van der Waals surface area contributed by atoms with Crippen molar-refractivity contribution in [1.82, 2.24) is 4.90 Å². The zero-order valence-electron chi connectivity index (χ0n) is 13.5. The molecule has 0 N–H and O–H groups in total. The van der Waals surface area contributed by atoms with Gasteiger partial charge in [0.2, 0.25) is 5.91 Å². The maximum Gasteiger partial charge on any atom is 0.235 e. The quantitative estimate of drug-likeness (QED) is 0.720. The molecule has 0 aliphatic rings. The smallest absolute Gasteiger partial charge is 0.235 e. The molecule has 0 aromatic heterocycles. The number of nitrogens with zero attached hydrogens (tertiary/aromatic N) is 1. The molecule has 23 heavy (non-hydrogen) atoms. The van der Waals surface area contributed by atoms with Crippen LogP contribution in [0.15, 0.2) is 53.4 Å². The molecule has 2 aromatic rings. The molecule has 122 valence electrons. The van der Waals surface area contributed by atoms with Gasteiger partial charge in [0.15, 0.2) is 0 Å². The fraction of sp³-hybridized carbons (Fsp3) is 0.278. The van der Waals surface area contributed by atoms with Crippen LogP contribution < -0.4 is 4.74 Å². The molecular formula is C18H20ClNO2S.